The van der Waals surface area contributed by atoms with Gasteiger partial charge in [0.2, 0.25) is 0 Å². The minimum atomic E-state index is -0.194. The monoisotopic (exact) mass is 231 g/mol. The smallest absolute Gasteiger partial charge is 0.169 e. The molecule has 2 rings (SSSR count). The number of nitrogens with zero attached hydrogens (tertiary/aromatic N) is 2. The fraction of sp³-hybridized carbons (Fsp3) is 0.214. The van der Waals surface area contributed by atoms with Gasteiger partial charge in [0, 0.05) is 26.2 Å². The molecule has 0 bridgehead atoms. The zero-order chi connectivity index (χ0) is 12.4. The first-order chi connectivity index (χ1) is 8.08. The first-order valence-corrected chi connectivity index (χ1v) is 5.50. The molecule has 1 aromatic carbocycles. The van der Waals surface area contributed by atoms with Gasteiger partial charge in [0.15, 0.2) is 12.4 Å². The average Bonchev–Trinajstić information content (AvgIpc) is 2.29. The van der Waals surface area contributed by atoms with Gasteiger partial charge in [0.25, 0.3) is 0 Å². The van der Waals surface area contributed by atoms with Gasteiger partial charge in [-0.2, -0.15) is 0 Å². The molecule has 1 heterocycles. The van der Waals surface area contributed by atoms with Crippen molar-refractivity contribution in [3.63, 3.8) is 0 Å². The average molecular weight is 231 g/mol. The van der Waals surface area contributed by atoms with Gasteiger partial charge in [-0.1, -0.05) is 6.07 Å². The molecule has 0 spiro atoms. The lowest BCUT2D eigenvalue weighted by atomic mass is 10.1. The zero-order valence-electron chi connectivity index (χ0n) is 10.3. The molecule has 0 radical (unpaired) electrons. The lowest BCUT2D eigenvalue weighted by Gasteiger charge is -2.14. The van der Waals surface area contributed by atoms with Crippen LogP contribution in [0.5, 0.6) is 0 Å². The highest BCUT2D eigenvalue weighted by molar-refractivity contribution is 5.65. The van der Waals surface area contributed by atoms with Crippen LogP contribution in [-0.4, -0.2) is 14.1 Å². The van der Waals surface area contributed by atoms with Crippen LogP contribution in [0.2, 0.25) is 0 Å². The van der Waals surface area contributed by atoms with Crippen molar-refractivity contribution in [2.75, 3.05) is 19.0 Å². The molecule has 0 aliphatic heterocycles. The van der Waals surface area contributed by atoms with Crippen molar-refractivity contribution in [2.45, 2.75) is 0 Å². The number of benzene rings is 1. The summed E-state index contributed by atoms with van der Waals surface area (Å²) in [6.07, 6.45) is 3.90. The number of anilines is 1. The molecule has 0 aliphatic carbocycles. The topological polar surface area (TPSA) is 7.12 Å². The summed E-state index contributed by atoms with van der Waals surface area (Å²) < 4.78 is 15.8. The van der Waals surface area contributed by atoms with Crippen molar-refractivity contribution in [2.24, 2.45) is 7.05 Å². The Bertz CT molecular complexity index is 518. The minimum absolute atomic E-state index is 0.194. The molecule has 3 heteroatoms. The molecular weight excluding hydrogens is 215 g/mol. The predicted octanol–water partition coefficient (Wildman–Crippen LogP) is 2.38. The van der Waals surface area contributed by atoms with E-state index < -0.39 is 0 Å². The first kappa shape index (κ1) is 11.6. The van der Waals surface area contributed by atoms with Crippen molar-refractivity contribution in [1.82, 2.24) is 0 Å². The third kappa shape index (κ3) is 2.44. The number of halogens is 1. The van der Waals surface area contributed by atoms with Crippen molar-refractivity contribution in [3.05, 3.63) is 48.5 Å². The summed E-state index contributed by atoms with van der Waals surface area (Å²) in [7, 11) is 5.63. The number of rotatable bonds is 2. The Morgan fingerprint density at radius 1 is 1.00 bits per heavy atom. The highest BCUT2D eigenvalue weighted by atomic mass is 19.1. The number of aromatic nitrogens is 1. The van der Waals surface area contributed by atoms with Crippen LogP contribution in [0.4, 0.5) is 10.1 Å². The summed E-state index contributed by atoms with van der Waals surface area (Å²) in [5, 5.41) is 0. The van der Waals surface area contributed by atoms with Gasteiger partial charge >= 0.3 is 0 Å². The van der Waals surface area contributed by atoms with Crippen molar-refractivity contribution < 1.29 is 8.96 Å². The number of pyridine rings is 1. The highest BCUT2D eigenvalue weighted by Crippen LogP contribution is 2.24. The van der Waals surface area contributed by atoms with E-state index in [1.807, 2.05) is 56.3 Å². The van der Waals surface area contributed by atoms with Crippen molar-refractivity contribution in [1.29, 1.82) is 0 Å². The Morgan fingerprint density at radius 2 is 1.65 bits per heavy atom. The van der Waals surface area contributed by atoms with E-state index >= 15 is 0 Å². The van der Waals surface area contributed by atoms with Crippen LogP contribution in [0.1, 0.15) is 0 Å². The predicted molar refractivity (Wildman–Crippen MR) is 67.3 cm³/mol. The maximum atomic E-state index is 13.8. The number of aryl methyl sites for hydroxylation is 1. The van der Waals surface area contributed by atoms with Crippen LogP contribution in [-0.2, 0) is 7.05 Å². The Labute approximate surface area is 101 Å². The third-order valence-electron chi connectivity index (χ3n) is 2.74. The molecule has 88 valence electrons. The van der Waals surface area contributed by atoms with Gasteiger partial charge in [-0.25, -0.2) is 8.96 Å². The van der Waals surface area contributed by atoms with Crippen LogP contribution < -0.4 is 9.47 Å². The van der Waals surface area contributed by atoms with Gasteiger partial charge in [-0.3, -0.25) is 0 Å². The molecule has 0 saturated carbocycles. The van der Waals surface area contributed by atoms with Gasteiger partial charge in [0.05, 0.1) is 5.69 Å². The standard InChI is InChI=1S/C14H16FN2/c1-16(2)14-5-4-12(10-13(14)15)11-6-8-17(3)9-7-11/h4-10H,1-3H3/q+1. The van der Waals surface area contributed by atoms with Crippen molar-refractivity contribution in [3.8, 4) is 11.1 Å². The van der Waals surface area contributed by atoms with Gasteiger partial charge in [0.1, 0.15) is 12.9 Å². The summed E-state index contributed by atoms with van der Waals surface area (Å²) in [4.78, 5) is 1.77. The molecule has 0 atom stereocenters. The molecule has 0 fully saturated rings. The summed E-state index contributed by atoms with van der Waals surface area (Å²) >= 11 is 0. The van der Waals surface area contributed by atoms with E-state index in [0.29, 0.717) is 5.69 Å². The van der Waals surface area contributed by atoms with E-state index in [1.165, 1.54) is 0 Å². The summed E-state index contributed by atoms with van der Waals surface area (Å²) in [6.45, 7) is 0. The van der Waals surface area contributed by atoms with Gasteiger partial charge in [-0.15, -0.1) is 0 Å². The normalized spacial score (nSPS) is 10.4. The second kappa shape index (κ2) is 4.53. The fourth-order valence-electron chi connectivity index (χ4n) is 1.74. The van der Waals surface area contributed by atoms with Gasteiger partial charge < -0.3 is 4.90 Å². The maximum absolute atomic E-state index is 13.8. The largest absolute Gasteiger partial charge is 0.375 e. The lowest BCUT2D eigenvalue weighted by molar-refractivity contribution is -0.671. The van der Waals surface area contributed by atoms with E-state index in [4.69, 9.17) is 0 Å². The van der Waals surface area contributed by atoms with E-state index in [1.54, 1.807) is 17.0 Å². The summed E-state index contributed by atoms with van der Waals surface area (Å²) in [5.41, 5.74) is 2.52. The molecule has 0 amide bonds. The molecule has 0 N–H and O–H groups in total. The van der Waals surface area contributed by atoms with Crippen LogP contribution >= 0.6 is 0 Å². The molecule has 0 aliphatic rings. The molecular formula is C14H16FN2+. The van der Waals surface area contributed by atoms with E-state index in [0.717, 1.165) is 11.1 Å². The minimum Gasteiger partial charge on any atom is -0.375 e. The SMILES string of the molecule is CN(C)c1ccc(-c2cc[n+](C)cc2)cc1F. The summed E-state index contributed by atoms with van der Waals surface area (Å²) in [5.74, 6) is -0.194. The second-order valence-corrected chi connectivity index (χ2v) is 4.31. The molecule has 0 saturated heterocycles. The molecule has 2 aromatic rings. The highest BCUT2D eigenvalue weighted by Gasteiger charge is 2.07. The zero-order valence-corrected chi connectivity index (χ0v) is 10.3. The van der Waals surface area contributed by atoms with Crippen LogP contribution in [0.3, 0.4) is 0 Å². The van der Waals surface area contributed by atoms with Crippen LogP contribution in [0, 0.1) is 5.82 Å². The molecule has 17 heavy (non-hydrogen) atoms. The van der Waals surface area contributed by atoms with Crippen molar-refractivity contribution >= 4 is 5.69 Å². The maximum Gasteiger partial charge on any atom is 0.169 e. The van der Waals surface area contributed by atoms with E-state index in [-0.39, 0.29) is 5.82 Å². The molecule has 1 aromatic heterocycles. The van der Waals surface area contributed by atoms with E-state index in [2.05, 4.69) is 0 Å². The molecule has 0 unspecified atom stereocenters. The Morgan fingerprint density at radius 3 is 2.18 bits per heavy atom. The van der Waals surface area contributed by atoms with Crippen LogP contribution in [0.25, 0.3) is 11.1 Å². The molecule has 2 nitrogen and oxygen atoms in total. The number of hydrogen-bond donors (Lipinski definition) is 0. The second-order valence-electron chi connectivity index (χ2n) is 4.31. The van der Waals surface area contributed by atoms with E-state index in [9.17, 15) is 4.39 Å². The Balaban J connectivity index is 2.41. The quantitative estimate of drug-likeness (QED) is 0.720. The lowest BCUT2D eigenvalue weighted by Crippen LogP contribution is -2.25. The fourth-order valence-corrected chi connectivity index (χ4v) is 1.74. The van der Waals surface area contributed by atoms with Crippen LogP contribution in [0.15, 0.2) is 42.7 Å². The van der Waals surface area contributed by atoms with Gasteiger partial charge in [-0.05, 0) is 23.3 Å². The Kier molecular flexibility index (Phi) is 3.09. The summed E-state index contributed by atoms with van der Waals surface area (Å²) in [6, 6.07) is 9.27. The first-order valence-electron chi connectivity index (χ1n) is 5.50. The Hall–Kier alpha value is -1.90. The number of hydrogen-bond acceptors (Lipinski definition) is 1. The third-order valence-corrected chi connectivity index (χ3v) is 2.74.